The van der Waals surface area contributed by atoms with Crippen molar-refractivity contribution in [2.45, 2.75) is 64.1 Å². The summed E-state index contributed by atoms with van der Waals surface area (Å²) in [6.07, 6.45) is 10.0. The molecule has 2 aromatic carbocycles. The summed E-state index contributed by atoms with van der Waals surface area (Å²) in [6, 6.07) is 14.0. The Morgan fingerprint density at radius 2 is 1.67 bits per heavy atom. The van der Waals surface area contributed by atoms with Gasteiger partial charge in [-0.25, -0.2) is 0 Å². The standard InChI is InChI=1S/C29H36O4/c1-19(10-21-4-7-26(30)8-5-21)25-6-9-28(33-18-32-20(2)31-3)27(14-25)29-15-22-11-23(16-29)13-24(12-22)17-29/h4-10,14,20,22-24,30H,11-13,15-18H2,1-3H3/b19-10+. The second-order valence-electron chi connectivity index (χ2n) is 10.6. The van der Waals surface area contributed by atoms with E-state index in [1.807, 2.05) is 19.1 Å². The van der Waals surface area contributed by atoms with Crippen LogP contribution in [-0.4, -0.2) is 25.3 Å². The first kappa shape index (κ1) is 22.5. The molecule has 4 heteroatoms. The van der Waals surface area contributed by atoms with Crippen LogP contribution in [0.2, 0.25) is 0 Å². The van der Waals surface area contributed by atoms with Gasteiger partial charge in [0.15, 0.2) is 13.1 Å². The summed E-state index contributed by atoms with van der Waals surface area (Å²) in [5, 5.41) is 9.59. The summed E-state index contributed by atoms with van der Waals surface area (Å²) >= 11 is 0. The quantitative estimate of drug-likeness (QED) is 0.358. The van der Waals surface area contributed by atoms with E-state index in [0.717, 1.165) is 29.1 Å². The molecule has 4 bridgehead atoms. The predicted octanol–water partition coefficient (Wildman–Crippen LogP) is 6.77. The number of benzene rings is 2. The molecule has 1 atom stereocenters. The lowest BCUT2D eigenvalue weighted by Crippen LogP contribution is -2.48. The number of hydrogen-bond donors (Lipinski definition) is 1. The molecule has 6 rings (SSSR count). The van der Waals surface area contributed by atoms with Gasteiger partial charge in [-0.3, -0.25) is 0 Å². The zero-order chi connectivity index (χ0) is 23.0. The van der Waals surface area contributed by atoms with Crippen molar-refractivity contribution in [2.75, 3.05) is 13.9 Å². The lowest BCUT2D eigenvalue weighted by molar-refractivity contribution is -0.150. The van der Waals surface area contributed by atoms with E-state index in [0.29, 0.717) is 5.75 Å². The molecule has 176 valence electrons. The maximum Gasteiger partial charge on any atom is 0.191 e. The molecule has 0 heterocycles. The van der Waals surface area contributed by atoms with Crippen molar-refractivity contribution in [2.24, 2.45) is 17.8 Å². The minimum atomic E-state index is -0.289. The van der Waals surface area contributed by atoms with Gasteiger partial charge in [0, 0.05) is 12.7 Å². The Morgan fingerprint density at radius 1 is 1.03 bits per heavy atom. The molecular formula is C29H36O4. The van der Waals surface area contributed by atoms with Crippen LogP contribution in [0.3, 0.4) is 0 Å². The highest BCUT2D eigenvalue weighted by atomic mass is 16.7. The maximum atomic E-state index is 9.59. The summed E-state index contributed by atoms with van der Waals surface area (Å²) in [7, 11) is 1.64. The summed E-state index contributed by atoms with van der Waals surface area (Å²) in [6.45, 7) is 4.23. The average molecular weight is 449 g/mol. The van der Waals surface area contributed by atoms with Gasteiger partial charge in [0.05, 0.1) is 0 Å². The monoisotopic (exact) mass is 448 g/mol. The molecule has 2 aromatic rings. The van der Waals surface area contributed by atoms with Crippen LogP contribution in [0.1, 0.15) is 69.1 Å². The Hall–Kier alpha value is -2.30. The molecule has 0 aliphatic heterocycles. The zero-order valence-corrected chi connectivity index (χ0v) is 20.0. The SMILES string of the molecule is COC(C)OCOc1ccc(/C(C)=C/c2ccc(O)cc2)cc1C12CC3CC(CC(C3)C1)C2. The van der Waals surface area contributed by atoms with Gasteiger partial charge in [-0.2, -0.15) is 0 Å². The van der Waals surface area contributed by atoms with E-state index in [-0.39, 0.29) is 18.5 Å². The Morgan fingerprint density at radius 3 is 2.27 bits per heavy atom. The first-order chi connectivity index (χ1) is 15.9. The van der Waals surface area contributed by atoms with Gasteiger partial charge in [-0.15, -0.1) is 0 Å². The third-order valence-corrected chi connectivity index (χ3v) is 8.17. The number of allylic oxidation sites excluding steroid dienone is 1. The fourth-order valence-electron chi connectivity index (χ4n) is 6.92. The number of rotatable bonds is 8. The highest BCUT2D eigenvalue weighted by Gasteiger charge is 2.52. The van der Waals surface area contributed by atoms with Gasteiger partial charge in [0.2, 0.25) is 0 Å². The second kappa shape index (κ2) is 9.15. The molecular weight excluding hydrogens is 412 g/mol. The van der Waals surface area contributed by atoms with Gasteiger partial charge in [-0.05, 0) is 117 Å². The molecule has 0 amide bonds. The topological polar surface area (TPSA) is 47.9 Å². The molecule has 4 nitrogen and oxygen atoms in total. The van der Waals surface area contributed by atoms with E-state index < -0.39 is 0 Å². The van der Waals surface area contributed by atoms with E-state index in [9.17, 15) is 5.11 Å². The van der Waals surface area contributed by atoms with Crippen molar-refractivity contribution in [1.29, 1.82) is 0 Å². The molecule has 0 radical (unpaired) electrons. The van der Waals surface area contributed by atoms with Gasteiger partial charge in [-0.1, -0.05) is 24.3 Å². The van der Waals surface area contributed by atoms with Crippen LogP contribution >= 0.6 is 0 Å². The van der Waals surface area contributed by atoms with Crippen molar-refractivity contribution < 1.29 is 19.3 Å². The Balaban J connectivity index is 1.48. The first-order valence-corrected chi connectivity index (χ1v) is 12.3. The molecule has 0 saturated heterocycles. The van der Waals surface area contributed by atoms with Crippen LogP contribution in [0.15, 0.2) is 42.5 Å². The van der Waals surface area contributed by atoms with Crippen molar-refractivity contribution in [1.82, 2.24) is 0 Å². The van der Waals surface area contributed by atoms with Crippen molar-refractivity contribution >= 4 is 11.6 Å². The van der Waals surface area contributed by atoms with Gasteiger partial charge in [0.1, 0.15) is 11.5 Å². The van der Waals surface area contributed by atoms with Gasteiger partial charge < -0.3 is 19.3 Å². The van der Waals surface area contributed by atoms with E-state index in [4.69, 9.17) is 14.2 Å². The molecule has 1 N–H and O–H groups in total. The maximum absolute atomic E-state index is 9.59. The third kappa shape index (κ3) is 4.69. The summed E-state index contributed by atoms with van der Waals surface area (Å²) < 4.78 is 17.1. The van der Waals surface area contributed by atoms with Crippen LogP contribution in [0.4, 0.5) is 0 Å². The first-order valence-electron chi connectivity index (χ1n) is 12.3. The molecule has 0 aromatic heterocycles. The van der Waals surface area contributed by atoms with Gasteiger partial charge in [0.25, 0.3) is 0 Å². The lowest BCUT2D eigenvalue weighted by Gasteiger charge is -2.57. The zero-order valence-electron chi connectivity index (χ0n) is 20.0. The minimum Gasteiger partial charge on any atom is -0.508 e. The van der Waals surface area contributed by atoms with Crippen LogP contribution in [0.25, 0.3) is 11.6 Å². The molecule has 4 aliphatic rings. The van der Waals surface area contributed by atoms with Crippen molar-refractivity contribution in [3.8, 4) is 11.5 Å². The van der Waals surface area contributed by atoms with Gasteiger partial charge >= 0.3 is 0 Å². The average Bonchev–Trinajstić information content (AvgIpc) is 2.79. The highest BCUT2D eigenvalue weighted by molar-refractivity contribution is 5.81. The summed E-state index contributed by atoms with van der Waals surface area (Å²) in [4.78, 5) is 0. The molecule has 4 saturated carbocycles. The number of phenolic OH excluding ortho intramolecular Hbond substituents is 1. The van der Waals surface area contributed by atoms with Crippen LogP contribution < -0.4 is 4.74 Å². The van der Waals surface area contributed by atoms with Crippen LogP contribution in [-0.2, 0) is 14.9 Å². The number of hydrogen-bond acceptors (Lipinski definition) is 4. The fraction of sp³-hybridized carbons (Fsp3) is 0.517. The highest BCUT2D eigenvalue weighted by Crippen LogP contribution is 2.62. The largest absolute Gasteiger partial charge is 0.508 e. The number of ether oxygens (including phenoxy) is 3. The molecule has 4 fully saturated rings. The number of aromatic hydroxyl groups is 1. The Kier molecular flexibility index (Phi) is 6.24. The fourth-order valence-corrected chi connectivity index (χ4v) is 6.92. The number of phenols is 1. The van der Waals surface area contributed by atoms with E-state index in [1.54, 1.807) is 19.2 Å². The van der Waals surface area contributed by atoms with Crippen LogP contribution in [0.5, 0.6) is 11.5 Å². The van der Waals surface area contributed by atoms with E-state index in [1.165, 1.54) is 55.2 Å². The lowest BCUT2D eigenvalue weighted by atomic mass is 9.48. The smallest absolute Gasteiger partial charge is 0.191 e. The predicted molar refractivity (Wildman–Crippen MR) is 131 cm³/mol. The third-order valence-electron chi connectivity index (χ3n) is 8.17. The summed E-state index contributed by atoms with van der Waals surface area (Å²) in [5.74, 6) is 3.85. The normalized spacial score (nSPS) is 29.3. The van der Waals surface area contributed by atoms with E-state index in [2.05, 4.69) is 31.2 Å². The molecule has 4 aliphatic carbocycles. The molecule has 0 spiro atoms. The second-order valence-corrected chi connectivity index (χ2v) is 10.6. The van der Waals surface area contributed by atoms with Crippen molar-refractivity contribution in [3.63, 3.8) is 0 Å². The van der Waals surface area contributed by atoms with E-state index >= 15 is 0 Å². The molecule has 1 unspecified atom stereocenters. The minimum absolute atomic E-state index is 0.191. The Labute approximate surface area is 197 Å². The summed E-state index contributed by atoms with van der Waals surface area (Å²) in [5.41, 5.74) is 5.12. The van der Waals surface area contributed by atoms with Crippen LogP contribution in [0, 0.1) is 17.8 Å². The molecule has 33 heavy (non-hydrogen) atoms. The number of methoxy groups -OCH3 is 1. The Bertz CT molecular complexity index is 971. The van der Waals surface area contributed by atoms with Crippen molar-refractivity contribution in [3.05, 3.63) is 59.2 Å².